The molecule has 204 valence electrons. The lowest BCUT2D eigenvalue weighted by molar-refractivity contribution is -0.137. The highest BCUT2D eigenvalue weighted by molar-refractivity contribution is 7.92. The van der Waals surface area contributed by atoms with Gasteiger partial charge in [0.25, 0.3) is 10.0 Å². The van der Waals surface area contributed by atoms with Crippen LogP contribution in [-0.2, 0) is 31.0 Å². The molecule has 0 aliphatic carbocycles. The van der Waals surface area contributed by atoms with Gasteiger partial charge in [0.05, 0.1) is 27.4 Å². The Labute approximate surface area is 227 Å². The Bertz CT molecular complexity index is 1580. The van der Waals surface area contributed by atoms with Crippen LogP contribution >= 0.6 is 23.2 Å². The number of hydrogen-bond acceptors (Lipinski definition) is 5. The van der Waals surface area contributed by atoms with Crippen molar-refractivity contribution in [2.45, 2.75) is 18.0 Å². The highest BCUT2D eigenvalue weighted by Crippen LogP contribution is 2.36. The van der Waals surface area contributed by atoms with Gasteiger partial charge < -0.3 is 5.32 Å². The first kappa shape index (κ1) is 29.6. The fraction of sp³-hybridized carbons (Fsp3) is 0.174. The van der Waals surface area contributed by atoms with Crippen molar-refractivity contribution in [1.82, 2.24) is 0 Å². The molecule has 2 N–H and O–H groups in total. The Morgan fingerprint density at radius 1 is 0.921 bits per heavy atom. The highest BCUT2D eigenvalue weighted by Gasteiger charge is 2.33. The molecular formula is C23H20Cl2F3N3O5S2. The molecule has 3 aromatic carbocycles. The molecule has 0 saturated heterocycles. The molecule has 0 saturated carbocycles. The van der Waals surface area contributed by atoms with Crippen LogP contribution < -0.4 is 14.3 Å². The lowest BCUT2D eigenvalue weighted by atomic mass is 10.2. The molecule has 0 spiro atoms. The van der Waals surface area contributed by atoms with E-state index in [0.717, 1.165) is 34.8 Å². The molecule has 0 aromatic heterocycles. The highest BCUT2D eigenvalue weighted by atomic mass is 35.5. The van der Waals surface area contributed by atoms with Crippen LogP contribution in [0.15, 0.2) is 65.6 Å². The number of nitrogens with one attached hydrogen (secondary N) is 2. The van der Waals surface area contributed by atoms with Crippen molar-refractivity contribution in [3.63, 3.8) is 0 Å². The number of nitrogens with zero attached hydrogens (tertiary/aromatic N) is 1. The van der Waals surface area contributed by atoms with E-state index in [1.165, 1.54) is 18.2 Å². The monoisotopic (exact) mass is 609 g/mol. The van der Waals surface area contributed by atoms with Gasteiger partial charge in [-0.1, -0.05) is 29.3 Å². The van der Waals surface area contributed by atoms with Gasteiger partial charge in [-0.15, -0.1) is 0 Å². The molecule has 8 nitrogen and oxygen atoms in total. The molecule has 1 amide bonds. The Morgan fingerprint density at radius 2 is 1.53 bits per heavy atom. The smallest absolute Gasteiger partial charge is 0.325 e. The van der Waals surface area contributed by atoms with Gasteiger partial charge in [0, 0.05) is 16.4 Å². The average molecular weight is 610 g/mol. The zero-order valence-corrected chi connectivity index (χ0v) is 22.8. The number of sulfonamides is 2. The predicted octanol–water partition coefficient (Wildman–Crippen LogP) is 5.53. The first-order valence-electron chi connectivity index (χ1n) is 10.5. The molecule has 0 heterocycles. The molecule has 0 bridgehead atoms. The molecule has 38 heavy (non-hydrogen) atoms. The van der Waals surface area contributed by atoms with Crippen molar-refractivity contribution < 1.29 is 34.8 Å². The lowest BCUT2D eigenvalue weighted by Gasteiger charge is -2.24. The fourth-order valence-corrected chi connectivity index (χ4v) is 5.67. The van der Waals surface area contributed by atoms with E-state index in [-0.39, 0.29) is 22.0 Å². The Balaban J connectivity index is 1.76. The van der Waals surface area contributed by atoms with Gasteiger partial charge in [-0.25, -0.2) is 16.8 Å². The maximum absolute atomic E-state index is 13.1. The van der Waals surface area contributed by atoms with Crippen molar-refractivity contribution in [3.8, 4) is 0 Å². The second kappa shape index (κ2) is 11.0. The predicted molar refractivity (Wildman–Crippen MR) is 141 cm³/mol. The molecule has 0 fully saturated rings. The van der Waals surface area contributed by atoms with Crippen molar-refractivity contribution >= 4 is 66.2 Å². The van der Waals surface area contributed by atoms with E-state index in [1.54, 1.807) is 19.1 Å². The van der Waals surface area contributed by atoms with Gasteiger partial charge in [0.1, 0.15) is 6.54 Å². The van der Waals surface area contributed by atoms with Gasteiger partial charge in [-0.3, -0.25) is 13.8 Å². The van der Waals surface area contributed by atoms with Crippen LogP contribution in [0.4, 0.5) is 30.2 Å². The van der Waals surface area contributed by atoms with Crippen LogP contribution in [0.5, 0.6) is 0 Å². The summed E-state index contributed by atoms with van der Waals surface area (Å²) in [4.78, 5) is 12.3. The van der Waals surface area contributed by atoms with E-state index in [1.807, 2.05) is 4.72 Å². The molecule has 3 aromatic rings. The zero-order chi connectivity index (χ0) is 28.5. The molecule has 0 aliphatic heterocycles. The van der Waals surface area contributed by atoms with Crippen LogP contribution in [0.2, 0.25) is 10.0 Å². The van der Waals surface area contributed by atoms with Crippen LogP contribution in [0.1, 0.15) is 11.1 Å². The summed E-state index contributed by atoms with van der Waals surface area (Å²) in [5.74, 6) is -0.718. The molecule has 3 rings (SSSR count). The minimum absolute atomic E-state index is 0.149. The summed E-state index contributed by atoms with van der Waals surface area (Å²) in [6, 6.07) is 11.9. The first-order chi connectivity index (χ1) is 17.5. The van der Waals surface area contributed by atoms with Crippen LogP contribution in [0, 0.1) is 6.92 Å². The van der Waals surface area contributed by atoms with E-state index >= 15 is 0 Å². The van der Waals surface area contributed by atoms with Crippen molar-refractivity contribution in [2.24, 2.45) is 0 Å². The van der Waals surface area contributed by atoms with Gasteiger partial charge in [0.2, 0.25) is 15.9 Å². The van der Waals surface area contributed by atoms with Gasteiger partial charge >= 0.3 is 6.18 Å². The normalized spacial score (nSPS) is 12.2. The number of carbonyl (C=O) groups is 1. The standard InChI is InChI=1S/C23H20Cl2F3N3O5S2/c1-14-19(24)4-3-5-21(14)31(37(2,33)34)13-22(32)29-15-6-9-17(10-7-15)38(35,36)30-16-8-11-20(25)18(12-16)23(26,27)28/h3-12,30H,13H2,1-2H3,(H,29,32). The number of hydrogen-bond donors (Lipinski definition) is 2. The minimum atomic E-state index is -4.78. The number of benzene rings is 3. The van der Waals surface area contributed by atoms with Gasteiger partial charge in [-0.05, 0) is 67.1 Å². The summed E-state index contributed by atoms with van der Waals surface area (Å²) < 4.78 is 92.1. The molecule has 0 radical (unpaired) electrons. The second-order valence-electron chi connectivity index (χ2n) is 8.02. The third kappa shape index (κ3) is 7.10. The quantitative estimate of drug-likeness (QED) is 0.349. The maximum atomic E-state index is 13.1. The summed E-state index contributed by atoms with van der Waals surface area (Å²) >= 11 is 11.6. The maximum Gasteiger partial charge on any atom is 0.417 e. The number of alkyl halides is 3. The summed E-state index contributed by atoms with van der Waals surface area (Å²) in [6.07, 6.45) is -3.85. The SMILES string of the molecule is Cc1c(Cl)cccc1N(CC(=O)Nc1ccc(S(=O)(=O)Nc2ccc(Cl)c(C(F)(F)F)c2)cc1)S(C)(=O)=O. The Kier molecular flexibility index (Phi) is 8.56. The van der Waals surface area contributed by atoms with E-state index in [9.17, 15) is 34.8 Å². The zero-order valence-electron chi connectivity index (χ0n) is 19.7. The second-order valence-corrected chi connectivity index (χ2v) is 12.4. The van der Waals surface area contributed by atoms with E-state index in [4.69, 9.17) is 23.2 Å². The average Bonchev–Trinajstić information content (AvgIpc) is 2.79. The number of halogens is 5. The lowest BCUT2D eigenvalue weighted by Crippen LogP contribution is -2.37. The summed E-state index contributed by atoms with van der Waals surface area (Å²) in [7, 11) is -8.16. The number of carbonyl (C=O) groups excluding carboxylic acids is 1. The minimum Gasteiger partial charge on any atom is -0.325 e. The summed E-state index contributed by atoms with van der Waals surface area (Å²) in [5.41, 5.74) is -0.725. The van der Waals surface area contributed by atoms with Crippen molar-refractivity contribution in [2.75, 3.05) is 27.1 Å². The van der Waals surface area contributed by atoms with Gasteiger partial charge in [-0.2, -0.15) is 13.2 Å². The third-order valence-electron chi connectivity index (χ3n) is 5.17. The van der Waals surface area contributed by atoms with Crippen molar-refractivity contribution in [3.05, 3.63) is 81.8 Å². The van der Waals surface area contributed by atoms with Crippen molar-refractivity contribution in [1.29, 1.82) is 0 Å². The molecule has 0 unspecified atom stereocenters. The number of anilines is 3. The number of rotatable bonds is 8. The van der Waals surface area contributed by atoms with E-state index in [0.29, 0.717) is 16.7 Å². The Morgan fingerprint density at radius 3 is 2.11 bits per heavy atom. The van der Waals surface area contributed by atoms with E-state index < -0.39 is 49.3 Å². The number of amides is 1. The van der Waals surface area contributed by atoms with Crippen LogP contribution in [-0.4, -0.2) is 35.5 Å². The third-order valence-corrected chi connectivity index (χ3v) is 8.43. The van der Waals surface area contributed by atoms with Crippen LogP contribution in [0.3, 0.4) is 0 Å². The molecular weight excluding hydrogens is 590 g/mol. The summed E-state index contributed by atoms with van der Waals surface area (Å²) in [6.45, 7) is 1.02. The molecule has 15 heteroatoms. The molecule has 0 aliphatic rings. The molecule has 0 atom stereocenters. The summed E-state index contributed by atoms with van der Waals surface area (Å²) in [5, 5.41) is 2.21. The largest absolute Gasteiger partial charge is 0.417 e. The first-order valence-corrected chi connectivity index (χ1v) is 14.6. The van der Waals surface area contributed by atoms with Gasteiger partial charge in [0.15, 0.2) is 0 Å². The fourth-order valence-electron chi connectivity index (χ4n) is 3.32. The Hall–Kier alpha value is -3.00. The van der Waals surface area contributed by atoms with Crippen LogP contribution in [0.25, 0.3) is 0 Å². The van der Waals surface area contributed by atoms with E-state index in [2.05, 4.69) is 5.32 Å². The topological polar surface area (TPSA) is 113 Å².